The van der Waals surface area contributed by atoms with Gasteiger partial charge in [-0.15, -0.1) is 0 Å². The number of guanidine groups is 1. The molecule has 1 aromatic rings. The fourth-order valence-corrected chi connectivity index (χ4v) is 1.97. The minimum atomic E-state index is -0.209. The molecule has 0 spiro atoms. The van der Waals surface area contributed by atoms with E-state index >= 15 is 0 Å². The third-order valence-electron chi connectivity index (χ3n) is 3.02. The molecule has 3 N–H and O–H groups in total. The summed E-state index contributed by atoms with van der Waals surface area (Å²) in [6, 6.07) is 3.74. The van der Waals surface area contributed by atoms with Gasteiger partial charge in [-0.25, -0.2) is 0 Å². The van der Waals surface area contributed by atoms with Crippen LogP contribution in [0.25, 0.3) is 0 Å². The minimum Gasteiger partial charge on any atom is -0.459 e. The second kappa shape index (κ2) is 7.37. The Morgan fingerprint density at radius 3 is 2.75 bits per heavy atom. The van der Waals surface area contributed by atoms with Crippen molar-refractivity contribution in [3.8, 4) is 0 Å². The van der Waals surface area contributed by atoms with Crippen LogP contribution in [0.5, 0.6) is 0 Å². The predicted molar refractivity (Wildman–Crippen MR) is 77.7 cm³/mol. The van der Waals surface area contributed by atoms with Crippen molar-refractivity contribution in [2.24, 2.45) is 4.99 Å². The van der Waals surface area contributed by atoms with Gasteiger partial charge in [0.15, 0.2) is 11.7 Å². The van der Waals surface area contributed by atoms with Crippen LogP contribution in [0.2, 0.25) is 0 Å². The number of rotatable bonds is 5. The molecule has 0 atom stereocenters. The average Bonchev–Trinajstić information content (AvgIpc) is 3.14. The maximum absolute atomic E-state index is 11.6. The van der Waals surface area contributed by atoms with Gasteiger partial charge in [0.1, 0.15) is 0 Å². The van der Waals surface area contributed by atoms with Crippen LogP contribution in [-0.4, -0.2) is 38.0 Å². The summed E-state index contributed by atoms with van der Waals surface area (Å²) in [5.41, 5.74) is 0. The quantitative estimate of drug-likeness (QED) is 0.323. The smallest absolute Gasteiger partial charge is 0.287 e. The van der Waals surface area contributed by atoms with Crippen molar-refractivity contribution in [2.45, 2.75) is 18.9 Å². The number of hydrogen-bond donors (Lipinski definition) is 3. The number of aliphatic imine (C=N–C) groups is 1. The summed E-state index contributed by atoms with van der Waals surface area (Å²) >= 11 is 0. The van der Waals surface area contributed by atoms with Crippen molar-refractivity contribution in [3.63, 3.8) is 0 Å². The second-order valence-electron chi connectivity index (χ2n) is 4.52. The third kappa shape index (κ3) is 4.15. The molecule has 0 unspecified atom stereocenters. The fourth-order valence-electron chi connectivity index (χ4n) is 1.97. The van der Waals surface area contributed by atoms with Gasteiger partial charge < -0.3 is 20.4 Å². The van der Waals surface area contributed by atoms with Crippen molar-refractivity contribution < 1.29 is 9.21 Å². The molecule has 0 saturated heterocycles. The lowest BCUT2D eigenvalue weighted by atomic mass is 10.2. The first-order chi connectivity index (χ1) is 9.79. The van der Waals surface area contributed by atoms with Crippen molar-refractivity contribution in [3.05, 3.63) is 36.3 Å². The summed E-state index contributed by atoms with van der Waals surface area (Å²) in [7, 11) is 1.74. The minimum absolute atomic E-state index is 0.209. The number of nitrogens with zero attached hydrogens (tertiary/aromatic N) is 1. The largest absolute Gasteiger partial charge is 0.459 e. The highest BCUT2D eigenvalue weighted by molar-refractivity contribution is 5.91. The van der Waals surface area contributed by atoms with Gasteiger partial charge in [-0.2, -0.15) is 0 Å². The van der Waals surface area contributed by atoms with Gasteiger partial charge in [-0.1, -0.05) is 12.2 Å². The molecule has 1 aliphatic carbocycles. The zero-order chi connectivity index (χ0) is 14.2. The Morgan fingerprint density at radius 2 is 2.10 bits per heavy atom. The van der Waals surface area contributed by atoms with Gasteiger partial charge in [0.2, 0.25) is 0 Å². The Morgan fingerprint density at radius 1 is 1.35 bits per heavy atom. The molecule has 0 bridgehead atoms. The van der Waals surface area contributed by atoms with Crippen LogP contribution < -0.4 is 16.0 Å². The predicted octanol–water partition coefficient (Wildman–Crippen LogP) is 0.893. The highest BCUT2D eigenvalue weighted by Crippen LogP contribution is 2.08. The van der Waals surface area contributed by atoms with Gasteiger partial charge in [0.05, 0.1) is 6.26 Å². The monoisotopic (exact) mass is 276 g/mol. The molecule has 0 aliphatic heterocycles. The molecular formula is C14H20N4O2. The molecule has 6 heteroatoms. The number of carbonyl (C=O) groups is 1. The molecule has 0 radical (unpaired) electrons. The first kappa shape index (κ1) is 14.2. The topological polar surface area (TPSA) is 78.7 Å². The molecule has 0 saturated carbocycles. The van der Waals surface area contributed by atoms with E-state index in [9.17, 15) is 4.79 Å². The molecule has 0 fully saturated rings. The van der Waals surface area contributed by atoms with Gasteiger partial charge in [0, 0.05) is 26.2 Å². The second-order valence-corrected chi connectivity index (χ2v) is 4.52. The maximum Gasteiger partial charge on any atom is 0.287 e. The lowest BCUT2D eigenvalue weighted by molar-refractivity contribution is 0.0926. The van der Waals surface area contributed by atoms with Crippen molar-refractivity contribution in [1.29, 1.82) is 0 Å². The molecule has 2 rings (SSSR count). The molecule has 1 aliphatic rings. The highest BCUT2D eigenvalue weighted by atomic mass is 16.3. The van der Waals surface area contributed by atoms with Crippen molar-refractivity contribution in [2.75, 3.05) is 20.1 Å². The van der Waals surface area contributed by atoms with E-state index in [-0.39, 0.29) is 5.91 Å². The van der Waals surface area contributed by atoms with Gasteiger partial charge in [-0.3, -0.25) is 9.79 Å². The zero-order valence-corrected chi connectivity index (χ0v) is 11.6. The third-order valence-corrected chi connectivity index (χ3v) is 3.02. The number of amides is 1. The van der Waals surface area contributed by atoms with Crippen LogP contribution in [0.4, 0.5) is 0 Å². The van der Waals surface area contributed by atoms with Gasteiger partial charge in [-0.05, 0) is 25.0 Å². The van der Waals surface area contributed by atoms with E-state index in [4.69, 9.17) is 4.42 Å². The molecular weight excluding hydrogens is 256 g/mol. The maximum atomic E-state index is 11.6. The Labute approximate surface area is 118 Å². The van der Waals surface area contributed by atoms with E-state index in [1.165, 1.54) is 6.26 Å². The van der Waals surface area contributed by atoms with Crippen LogP contribution >= 0.6 is 0 Å². The number of carbonyl (C=O) groups excluding carboxylic acids is 1. The number of hydrogen-bond acceptors (Lipinski definition) is 3. The van der Waals surface area contributed by atoms with E-state index in [0.29, 0.717) is 24.9 Å². The number of nitrogens with one attached hydrogen (secondary N) is 3. The molecule has 1 aromatic heterocycles. The normalized spacial score (nSPS) is 15.3. The van der Waals surface area contributed by atoms with E-state index < -0.39 is 0 Å². The summed E-state index contributed by atoms with van der Waals surface area (Å²) in [6.45, 7) is 1.11. The Balaban J connectivity index is 1.63. The van der Waals surface area contributed by atoms with E-state index in [0.717, 1.165) is 18.8 Å². The van der Waals surface area contributed by atoms with E-state index in [1.807, 2.05) is 0 Å². The molecule has 0 aromatic carbocycles. The first-order valence-electron chi connectivity index (χ1n) is 6.73. The molecule has 20 heavy (non-hydrogen) atoms. The summed E-state index contributed by atoms with van der Waals surface area (Å²) in [4.78, 5) is 15.8. The Kier molecular flexibility index (Phi) is 5.23. The SMILES string of the molecule is CN=C(NCCNC(=O)c1ccco1)NC1CC=CC1. The average molecular weight is 276 g/mol. The van der Waals surface area contributed by atoms with Gasteiger partial charge in [0.25, 0.3) is 5.91 Å². The standard InChI is InChI=1S/C14H20N4O2/c1-15-14(18-11-5-2-3-6-11)17-9-8-16-13(19)12-7-4-10-20-12/h2-4,7,10-11H,5-6,8-9H2,1H3,(H,16,19)(H2,15,17,18). The Bertz CT molecular complexity index is 471. The molecule has 108 valence electrons. The van der Waals surface area contributed by atoms with E-state index in [1.54, 1.807) is 19.2 Å². The van der Waals surface area contributed by atoms with Gasteiger partial charge >= 0.3 is 0 Å². The fraction of sp³-hybridized carbons (Fsp3) is 0.429. The van der Waals surface area contributed by atoms with Crippen molar-refractivity contribution >= 4 is 11.9 Å². The summed E-state index contributed by atoms with van der Waals surface area (Å²) in [5.74, 6) is 0.871. The highest BCUT2D eigenvalue weighted by Gasteiger charge is 2.11. The van der Waals surface area contributed by atoms with Crippen LogP contribution in [-0.2, 0) is 0 Å². The molecule has 6 nitrogen and oxygen atoms in total. The lowest BCUT2D eigenvalue weighted by Gasteiger charge is -2.16. The van der Waals surface area contributed by atoms with Crippen LogP contribution in [0.1, 0.15) is 23.4 Å². The lowest BCUT2D eigenvalue weighted by Crippen LogP contribution is -2.45. The summed E-state index contributed by atoms with van der Waals surface area (Å²) in [5, 5.41) is 9.26. The van der Waals surface area contributed by atoms with Crippen LogP contribution in [0, 0.1) is 0 Å². The first-order valence-corrected chi connectivity index (χ1v) is 6.73. The van der Waals surface area contributed by atoms with Crippen LogP contribution in [0.3, 0.4) is 0 Å². The number of furan rings is 1. The molecule has 1 amide bonds. The van der Waals surface area contributed by atoms with Crippen LogP contribution in [0.15, 0.2) is 40.0 Å². The zero-order valence-electron chi connectivity index (χ0n) is 11.6. The van der Waals surface area contributed by atoms with E-state index in [2.05, 4.69) is 33.1 Å². The Hall–Kier alpha value is -2.24. The van der Waals surface area contributed by atoms with Crippen molar-refractivity contribution in [1.82, 2.24) is 16.0 Å². The molecule has 1 heterocycles. The summed E-state index contributed by atoms with van der Waals surface area (Å²) < 4.78 is 5.01. The summed E-state index contributed by atoms with van der Waals surface area (Å²) in [6.07, 6.45) is 7.85.